The standard InChI is InChI=1S/C25H26ClN3O6/c1-25(2,3)35-23(31)28(4)14-12-21-27-13-15-29(21,24(32)33)19-8-10-20(11-9-19)34-22(30)17-6-5-7-18(26)16-17/h5-11,13,15-16H,12,14H2,1-4H3/p+1. The van der Waals surface area contributed by atoms with Crippen molar-refractivity contribution in [3.8, 4) is 5.75 Å². The van der Waals surface area contributed by atoms with Crippen molar-refractivity contribution in [3.05, 3.63) is 71.5 Å². The number of nitrogens with zero attached hydrogens (tertiary/aromatic N) is 3. The van der Waals surface area contributed by atoms with Gasteiger partial charge in [-0.3, -0.25) is 0 Å². The van der Waals surface area contributed by atoms with E-state index in [0.29, 0.717) is 22.1 Å². The Hall–Kier alpha value is -3.69. The highest BCUT2D eigenvalue weighted by Gasteiger charge is 2.46. The molecule has 10 heteroatoms. The average Bonchev–Trinajstić information content (AvgIpc) is 3.22. The third kappa shape index (κ3) is 6.06. The smallest absolute Gasteiger partial charge is 0.444 e. The number of hydrogen-bond acceptors (Lipinski definition) is 6. The first kappa shape index (κ1) is 25.9. The van der Waals surface area contributed by atoms with Crippen molar-refractivity contribution in [1.82, 2.24) is 9.38 Å². The van der Waals surface area contributed by atoms with E-state index in [9.17, 15) is 19.5 Å². The van der Waals surface area contributed by atoms with E-state index in [4.69, 9.17) is 21.1 Å². The van der Waals surface area contributed by atoms with Crippen LogP contribution < -0.4 is 9.22 Å². The second-order valence-electron chi connectivity index (χ2n) is 8.89. The predicted octanol–water partition coefficient (Wildman–Crippen LogP) is 5.68. The quantitative estimate of drug-likeness (QED) is 0.310. The minimum atomic E-state index is -1.17. The lowest BCUT2D eigenvalue weighted by Gasteiger charge is -2.28. The number of amides is 2. The summed E-state index contributed by atoms with van der Waals surface area (Å²) >= 11 is 5.92. The van der Waals surface area contributed by atoms with Gasteiger partial charge in [0, 0.05) is 30.7 Å². The Morgan fingerprint density at radius 1 is 1.11 bits per heavy atom. The topological polar surface area (TPSA) is 106 Å². The minimum Gasteiger partial charge on any atom is -0.444 e. The molecule has 0 saturated carbocycles. The molecule has 1 N–H and O–H groups in total. The number of carbonyl (C=O) groups is 3. The molecule has 0 aliphatic carbocycles. The maximum atomic E-state index is 12.4. The summed E-state index contributed by atoms with van der Waals surface area (Å²) in [7, 11) is 1.58. The summed E-state index contributed by atoms with van der Waals surface area (Å²) in [5.41, 5.74) is 0.0329. The van der Waals surface area contributed by atoms with Gasteiger partial charge in [-0.25, -0.2) is 14.6 Å². The molecule has 35 heavy (non-hydrogen) atoms. The Kier molecular flexibility index (Phi) is 7.62. The van der Waals surface area contributed by atoms with Gasteiger partial charge in [0.25, 0.3) is 0 Å². The van der Waals surface area contributed by atoms with E-state index in [-0.39, 0.29) is 18.7 Å². The van der Waals surface area contributed by atoms with E-state index in [2.05, 4.69) is 4.99 Å². The van der Waals surface area contributed by atoms with Crippen LogP contribution in [0.4, 0.5) is 15.3 Å². The first-order valence-electron chi connectivity index (χ1n) is 10.8. The van der Waals surface area contributed by atoms with Gasteiger partial charge < -0.3 is 19.5 Å². The highest BCUT2D eigenvalue weighted by Crippen LogP contribution is 2.32. The Morgan fingerprint density at radius 3 is 2.40 bits per heavy atom. The van der Waals surface area contributed by atoms with E-state index in [1.807, 2.05) is 0 Å². The second kappa shape index (κ2) is 10.3. The number of amidine groups is 1. The largest absolute Gasteiger partial charge is 0.529 e. The van der Waals surface area contributed by atoms with Crippen LogP contribution >= 0.6 is 11.6 Å². The molecule has 0 bridgehead atoms. The number of quaternary nitrogens is 1. The Bertz CT molecular complexity index is 1190. The summed E-state index contributed by atoms with van der Waals surface area (Å²) in [6, 6.07) is 12.5. The number of carbonyl (C=O) groups excluding carboxylic acids is 2. The predicted molar refractivity (Wildman–Crippen MR) is 133 cm³/mol. The summed E-state index contributed by atoms with van der Waals surface area (Å²) in [4.78, 5) is 42.7. The Morgan fingerprint density at radius 2 is 1.80 bits per heavy atom. The fraction of sp³-hybridized carbons (Fsp3) is 0.280. The minimum absolute atomic E-state index is 0.195. The van der Waals surface area contributed by atoms with Gasteiger partial charge in [-0.1, -0.05) is 17.7 Å². The lowest BCUT2D eigenvalue weighted by Crippen LogP contribution is -2.52. The van der Waals surface area contributed by atoms with Crippen LogP contribution in [0.2, 0.25) is 5.02 Å². The maximum Gasteiger partial charge on any atom is 0.529 e. The molecule has 3 rings (SSSR count). The molecule has 0 saturated heterocycles. The van der Waals surface area contributed by atoms with Crippen molar-refractivity contribution in [2.24, 2.45) is 4.99 Å². The van der Waals surface area contributed by atoms with Crippen molar-refractivity contribution < 1.29 is 29.0 Å². The first-order chi connectivity index (χ1) is 16.4. The molecule has 0 fully saturated rings. The summed E-state index contributed by atoms with van der Waals surface area (Å²) in [6.07, 6.45) is 1.38. The van der Waals surface area contributed by atoms with Crippen molar-refractivity contribution >= 4 is 41.3 Å². The van der Waals surface area contributed by atoms with Crippen molar-refractivity contribution in [2.45, 2.75) is 32.8 Å². The SMILES string of the molecule is CN(CCC1=NC=C[N+]1(C(=O)O)c1ccc(OC(=O)c2cccc(Cl)c2)cc1)C(=O)OC(C)(C)C. The van der Waals surface area contributed by atoms with Gasteiger partial charge in [0.1, 0.15) is 17.6 Å². The molecule has 184 valence electrons. The molecule has 1 aliphatic rings. The van der Waals surface area contributed by atoms with Gasteiger partial charge in [-0.05, 0) is 51.1 Å². The number of benzene rings is 2. The Labute approximate surface area is 208 Å². The molecule has 1 unspecified atom stereocenters. The molecule has 1 atom stereocenters. The zero-order valence-electron chi connectivity index (χ0n) is 19.9. The molecule has 9 nitrogen and oxygen atoms in total. The van der Waals surface area contributed by atoms with Crippen LogP contribution in [0.1, 0.15) is 37.6 Å². The zero-order chi connectivity index (χ0) is 25.8. The molecule has 2 aromatic rings. The molecule has 1 heterocycles. The second-order valence-corrected chi connectivity index (χ2v) is 9.33. The molecule has 2 amide bonds. The summed E-state index contributed by atoms with van der Waals surface area (Å²) in [5, 5.41) is 10.6. The summed E-state index contributed by atoms with van der Waals surface area (Å²) < 4.78 is 10.1. The van der Waals surface area contributed by atoms with Crippen molar-refractivity contribution in [3.63, 3.8) is 0 Å². The molecular weight excluding hydrogens is 474 g/mol. The van der Waals surface area contributed by atoms with Gasteiger partial charge in [0.05, 0.1) is 18.2 Å². The highest BCUT2D eigenvalue weighted by atomic mass is 35.5. The molecule has 1 aliphatic heterocycles. The van der Waals surface area contributed by atoms with Gasteiger partial charge >= 0.3 is 18.2 Å². The van der Waals surface area contributed by atoms with Crippen LogP contribution in [0, 0.1) is 0 Å². The third-order valence-corrected chi connectivity index (χ3v) is 5.35. The van der Waals surface area contributed by atoms with Gasteiger partial charge in [-0.2, -0.15) is 4.79 Å². The lowest BCUT2D eigenvalue weighted by molar-refractivity contribution is 0.0302. The Balaban J connectivity index is 1.74. The summed E-state index contributed by atoms with van der Waals surface area (Å²) in [5.74, 6) is -0.0268. The van der Waals surface area contributed by atoms with Gasteiger partial charge in [0.2, 0.25) is 5.84 Å². The summed E-state index contributed by atoms with van der Waals surface area (Å²) in [6.45, 7) is 5.52. The van der Waals surface area contributed by atoms with Crippen LogP contribution in [0.3, 0.4) is 0 Å². The molecular formula is C25H27ClN3O6+. The van der Waals surface area contributed by atoms with Crippen LogP contribution in [0.25, 0.3) is 0 Å². The first-order valence-corrected chi connectivity index (χ1v) is 11.2. The molecule has 0 radical (unpaired) electrons. The fourth-order valence-electron chi connectivity index (χ4n) is 3.39. The van der Waals surface area contributed by atoms with E-state index in [0.717, 1.165) is 0 Å². The zero-order valence-corrected chi connectivity index (χ0v) is 20.7. The number of aliphatic imine (C=N–C) groups is 1. The number of esters is 1. The average molecular weight is 501 g/mol. The number of halogens is 1. The van der Waals surface area contributed by atoms with Gasteiger partial charge in [0.15, 0.2) is 5.69 Å². The molecule has 0 spiro atoms. The number of ether oxygens (including phenoxy) is 2. The number of hydrogen-bond donors (Lipinski definition) is 1. The number of rotatable bonds is 6. The highest BCUT2D eigenvalue weighted by molar-refractivity contribution is 6.30. The van der Waals surface area contributed by atoms with Crippen LogP contribution in [-0.4, -0.2) is 53.2 Å². The van der Waals surface area contributed by atoms with Gasteiger partial charge in [-0.15, -0.1) is 4.48 Å². The normalized spacial score (nSPS) is 17.0. The lowest BCUT2D eigenvalue weighted by atomic mass is 10.2. The van der Waals surface area contributed by atoms with Crippen LogP contribution in [0.15, 0.2) is 65.9 Å². The number of carboxylic acid groups (broad SMARTS) is 1. The van der Waals surface area contributed by atoms with E-state index in [1.54, 1.807) is 58.2 Å². The fourth-order valence-corrected chi connectivity index (χ4v) is 3.58. The monoisotopic (exact) mass is 500 g/mol. The van der Waals surface area contributed by atoms with E-state index >= 15 is 0 Å². The van der Waals surface area contributed by atoms with Crippen LogP contribution in [-0.2, 0) is 4.74 Å². The van der Waals surface area contributed by atoms with E-state index < -0.39 is 28.2 Å². The maximum absolute atomic E-state index is 12.4. The van der Waals surface area contributed by atoms with E-state index in [1.165, 1.54) is 35.5 Å². The van der Waals surface area contributed by atoms with Crippen molar-refractivity contribution in [2.75, 3.05) is 13.6 Å². The third-order valence-electron chi connectivity index (χ3n) is 5.11. The van der Waals surface area contributed by atoms with Crippen molar-refractivity contribution in [1.29, 1.82) is 0 Å². The molecule has 0 aromatic heterocycles. The van der Waals surface area contributed by atoms with Crippen LogP contribution in [0.5, 0.6) is 5.75 Å². The molecule has 2 aromatic carbocycles.